The topological polar surface area (TPSA) is 94.1 Å². The minimum atomic E-state index is -5.03. The lowest BCUT2D eigenvalue weighted by Gasteiger charge is -2.61. The van der Waals surface area contributed by atoms with Crippen molar-refractivity contribution < 1.29 is 39.9 Å². The molecule has 1 saturated heterocycles. The number of allylic oxidation sites excluding steroid dienone is 1. The van der Waals surface area contributed by atoms with Gasteiger partial charge in [-0.3, -0.25) is 0 Å². The van der Waals surface area contributed by atoms with Gasteiger partial charge in [0.1, 0.15) is 18.1 Å². The van der Waals surface area contributed by atoms with Crippen LogP contribution in [-0.2, 0) is 12.7 Å². The Bertz CT molecular complexity index is 1350. The molecule has 37 heavy (non-hydrogen) atoms. The molecular weight excluding hydrogens is 515 g/mol. The Hall–Kier alpha value is -3.85. The molecule has 5 rings (SSSR count). The van der Waals surface area contributed by atoms with Gasteiger partial charge in [-0.25, -0.2) is 9.07 Å². The molecule has 16 heteroatoms. The maximum absolute atomic E-state index is 13.6. The lowest BCUT2D eigenvalue weighted by Crippen LogP contribution is -2.73. The smallest absolute Gasteiger partial charge is 0.419 e. The van der Waals surface area contributed by atoms with Crippen LogP contribution in [0.3, 0.4) is 0 Å². The van der Waals surface area contributed by atoms with Gasteiger partial charge in [-0.15, -0.1) is 10.2 Å². The molecule has 3 unspecified atom stereocenters. The standard InChI is InChI=1S/C21H18F7N7O2/c1-3-11-15(12-7-34(16(11)12)19-32-31-9(2)36-19)29-17-30-18(35(33-17)8-20(23,24)25)37-10-4-5-14(22)13(6-10)21(26,27)28/h3-6,12,15-16H,7-8H2,1-2H3,(H,29,33)/b11-3-. The molecule has 198 valence electrons. The number of benzene rings is 1. The van der Waals surface area contributed by atoms with Crippen LogP contribution < -0.4 is 15.0 Å². The zero-order valence-electron chi connectivity index (χ0n) is 19.1. The Morgan fingerprint density at radius 2 is 1.95 bits per heavy atom. The van der Waals surface area contributed by atoms with Gasteiger partial charge >= 0.3 is 24.4 Å². The SMILES string of the molecule is C/C=C1/C(Nc2nc(Oc3ccc(F)c(C(F)(F)F)c3)n(CC(F)(F)F)n2)C2CN(c3nnc(C)o3)C12. The van der Waals surface area contributed by atoms with E-state index in [9.17, 15) is 30.7 Å². The third kappa shape index (κ3) is 4.67. The molecule has 0 radical (unpaired) electrons. The molecule has 2 aliphatic rings. The summed E-state index contributed by atoms with van der Waals surface area (Å²) in [7, 11) is 0. The number of hydrogen-bond donors (Lipinski definition) is 1. The molecule has 0 spiro atoms. The molecule has 3 aromatic rings. The lowest BCUT2D eigenvalue weighted by molar-refractivity contribution is -0.143. The summed E-state index contributed by atoms with van der Waals surface area (Å²) in [6.45, 7) is 2.38. The van der Waals surface area contributed by atoms with E-state index >= 15 is 0 Å². The number of aromatic nitrogens is 5. The average molecular weight is 533 g/mol. The average Bonchev–Trinajstić information content (AvgIpc) is 3.35. The molecule has 3 atom stereocenters. The summed E-state index contributed by atoms with van der Waals surface area (Å²) in [5, 5.41) is 14.6. The van der Waals surface area contributed by atoms with E-state index < -0.39 is 42.0 Å². The van der Waals surface area contributed by atoms with Crippen molar-refractivity contribution in [1.82, 2.24) is 25.0 Å². The van der Waals surface area contributed by atoms with Crippen LogP contribution in [0.25, 0.3) is 0 Å². The highest BCUT2D eigenvalue weighted by Gasteiger charge is 2.58. The van der Waals surface area contributed by atoms with Gasteiger partial charge in [0.15, 0.2) is 0 Å². The molecule has 1 aliphatic carbocycles. The maximum atomic E-state index is 13.6. The van der Waals surface area contributed by atoms with Crippen molar-refractivity contribution in [3.05, 3.63) is 47.1 Å². The lowest BCUT2D eigenvalue weighted by atomic mass is 9.63. The van der Waals surface area contributed by atoms with E-state index in [1.54, 1.807) is 13.8 Å². The van der Waals surface area contributed by atoms with Gasteiger partial charge in [0.2, 0.25) is 11.8 Å². The second-order valence-corrected chi connectivity index (χ2v) is 8.51. The van der Waals surface area contributed by atoms with Gasteiger partial charge in [0, 0.05) is 19.4 Å². The van der Waals surface area contributed by atoms with E-state index in [4.69, 9.17) is 9.15 Å². The van der Waals surface area contributed by atoms with E-state index in [0.717, 1.165) is 11.6 Å². The number of fused-ring (bicyclic) bond motifs is 1. The summed E-state index contributed by atoms with van der Waals surface area (Å²) < 4.78 is 103. The summed E-state index contributed by atoms with van der Waals surface area (Å²) in [4.78, 5) is 5.82. The summed E-state index contributed by atoms with van der Waals surface area (Å²) in [6, 6.07) is 0.975. The van der Waals surface area contributed by atoms with Crippen LogP contribution in [0.15, 0.2) is 34.3 Å². The summed E-state index contributed by atoms with van der Waals surface area (Å²) in [5.41, 5.74) is -0.732. The molecule has 1 saturated carbocycles. The number of nitrogens with zero attached hydrogens (tertiary/aromatic N) is 6. The monoisotopic (exact) mass is 533 g/mol. The quantitative estimate of drug-likeness (QED) is 0.359. The first-order valence-corrected chi connectivity index (χ1v) is 10.9. The molecule has 0 bridgehead atoms. The molecule has 1 aromatic carbocycles. The number of ether oxygens (including phenoxy) is 1. The van der Waals surface area contributed by atoms with Crippen molar-refractivity contribution in [3.8, 4) is 11.8 Å². The molecule has 3 heterocycles. The third-order valence-electron chi connectivity index (χ3n) is 6.08. The van der Waals surface area contributed by atoms with Gasteiger partial charge in [-0.05, 0) is 30.7 Å². The van der Waals surface area contributed by atoms with Crippen LogP contribution in [0.1, 0.15) is 18.4 Å². The fraction of sp³-hybridized carbons (Fsp3) is 0.429. The van der Waals surface area contributed by atoms with Crippen LogP contribution >= 0.6 is 0 Å². The molecular formula is C21H18F7N7O2. The second kappa shape index (κ2) is 8.62. The summed E-state index contributed by atoms with van der Waals surface area (Å²) >= 11 is 0. The van der Waals surface area contributed by atoms with Crippen molar-refractivity contribution >= 4 is 12.0 Å². The number of piperidine rings is 1. The number of rotatable bonds is 6. The largest absolute Gasteiger partial charge is 0.424 e. The first-order valence-electron chi connectivity index (χ1n) is 10.9. The highest BCUT2D eigenvalue weighted by atomic mass is 19.4. The number of halogens is 7. The van der Waals surface area contributed by atoms with Gasteiger partial charge in [0.25, 0.3) is 0 Å². The Labute approximate surface area is 203 Å². The first-order chi connectivity index (χ1) is 17.3. The van der Waals surface area contributed by atoms with Crippen LogP contribution in [0.4, 0.5) is 42.7 Å². The van der Waals surface area contributed by atoms with Crippen molar-refractivity contribution in [3.63, 3.8) is 0 Å². The van der Waals surface area contributed by atoms with E-state index in [1.165, 1.54) is 0 Å². The molecule has 1 N–H and O–H groups in total. The van der Waals surface area contributed by atoms with E-state index in [2.05, 4.69) is 25.6 Å². The van der Waals surface area contributed by atoms with E-state index in [-0.39, 0.29) is 23.9 Å². The molecule has 2 fully saturated rings. The van der Waals surface area contributed by atoms with Crippen LogP contribution in [-0.4, -0.2) is 49.8 Å². The molecule has 1 aliphatic heterocycles. The Morgan fingerprint density at radius 1 is 1.19 bits per heavy atom. The fourth-order valence-electron chi connectivity index (χ4n) is 4.47. The first kappa shape index (κ1) is 24.8. The molecule has 0 amide bonds. The highest BCUT2D eigenvalue weighted by molar-refractivity contribution is 5.55. The van der Waals surface area contributed by atoms with E-state index in [1.807, 2.05) is 11.0 Å². The van der Waals surface area contributed by atoms with Crippen molar-refractivity contribution in [1.29, 1.82) is 0 Å². The van der Waals surface area contributed by atoms with Crippen LogP contribution in [0.5, 0.6) is 11.8 Å². The van der Waals surface area contributed by atoms with Crippen LogP contribution in [0.2, 0.25) is 0 Å². The Morgan fingerprint density at radius 3 is 2.57 bits per heavy atom. The summed E-state index contributed by atoms with van der Waals surface area (Å²) in [5.74, 6) is -1.87. The van der Waals surface area contributed by atoms with Gasteiger partial charge in [-0.1, -0.05) is 11.2 Å². The third-order valence-corrected chi connectivity index (χ3v) is 6.08. The minimum Gasteiger partial charge on any atom is -0.424 e. The Kier molecular flexibility index (Phi) is 5.79. The predicted molar refractivity (Wildman–Crippen MR) is 112 cm³/mol. The molecule has 9 nitrogen and oxygen atoms in total. The summed E-state index contributed by atoms with van der Waals surface area (Å²) in [6.07, 6.45) is -7.92. The van der Waals surface area contributed by atoms with Crippen molar-refractivity contribution in [2.75, 3.05) is 16.8 Å². The normalized spacial score (nSPS) is 22.5. The second-order valence-electron chi connectivity index (χ2n) is 8.51. The highest BCUT2D eigenvalue weighted by Crippen LogP contribution is 2.49. The van der Waals surface area contributed by atoms with Gasteiger partial charge < -0.3 is 19.4 Å². The minimum absolute atomic E-state index is 0.0452. The number of anilines is 2. The van der Waals surface area contributed by atoms with Gasteiger partial charge in [0.05, 0.1) is 17.6 Å². The number of nitrogens with one attached hydrogen (secondary N) is 1. The molecule has 2 aromatic heterocycles. The van der Waals surface area contributed by atoms with Crippen molar-refractivity contribution in [2.24, 2.45) is 5.92 Å². The number of aryl methyl sites for hydroxylation is 1. The maximum Gasteiger partial charge on any atom is 0.419 e. The fourth-order valence-corrected chi connectivity index (χ4v) is 4.47. The predicted octanol–water partition coefficient (Wildman–Crippen LogP) is 4.73. The van der Waals surface area contributed by atoms with Gasteiger partial charge in [-0.2, -0.15) is 31.3 Å². The zero-order valence-corrected chi connectivity index (χ0v) is 19.1. The number of alkyl halides is 6. The number of hydrogen-bond acceptors (Lipinski definition) is 8. The Balaban J connectivity index is 1.36. The zero-order chi connectivity index (χ0) is 26.7. The van der Waals surface area contributed by atoms with Crippen molar-refractivity contribution in [2.45, 2.75) is 44.8 Å². The van der Waals surface area contributed by atoms with E-state index in [0.29, 0.717) is 35.3 Å². The van der Waals surface area contributed by atoms with Crippen LogP contribution in [0, 0.1) is 18.7 Å².